The number of thiazole rings is 1. The number of hydrogen-bond acceptors (Lipinski definition) is 4. The molecule has 0 spiro atoms. The zero-order valence-electron chi connectivity index (χ0n) is 9.94. The molecule has 0 radical (unpaired) electrons. The highest BCUT2D eigenvalue weighted by Gasteiger charge is 2.14. The van der Waals surface area contributed by atoms with Crippen LogP contribution in [0.25, 0.3) is 0 Å². The number of amides is 2. The largest absolute Gasteiger partial charge is 0.355 e. The van der Waals surface area contributed by atoms with Crippen molar-refractivity contribution < 1.29 is 9.59 Å². The smallest absolute Gasteiger partial charge is 0.275 e. The Bertz CT molecular complexity index is 627. The molecule has 1 aromatic carbocycles. The molecule has 0 unspecified atom stereocenters. The van der Waals surface area contributed by atoms with Gasteiger partial charge in [-0.3, -0.25) is 9.59 Å². The van der Waals surface area contributed by atoms with Gasteiger partial charge in [-0.05, 0) is 28.1 Å². The van der Waals surface area contributed by atoms with Crippen LogP contribution in [0.1, 0.15) is 20.8 Å². The minimum absolute atomic E-state index is 0.254. The molecule has 1 aromatic heterocycles. The molecule has 2 N–H and O–H groups in total. The Labute approximate surface area is 122 Å². The third kappa shape index (κ3) is 3.18. The third-order valence-electron chi connectivity index (χ3n) is 2.36. The predicted molar refractivity (Wildman–Crippen MR) is 77.6 cm³/mol. The van der Waals surface area contributed by atoms with Crippen LogP contribution < -0.4 is 10.6 Å². The van der Waals surface area contributed by atoms with Crippen molar-refractivity contribution in [1.29, 1.82) is 0 Å². The lowest BCUT2D eigenvalue weighted by Crippen LogP contribution is -2.21. The van der Waals surface area contributed by atoms with Gasteiger partial charge < -0.3 is 10.6 Å². The second kappa shape index (κ2) is 5.94. The molecule has 0 saturated carbocycles. The van der Waals surface area contributed by atoms with Crippen molar-refractivity contribution in [2.24, 2.45) is 0 Å². The summed E-state index contributed by atoms with van der Waals surface area (Å²) in [4.78, 5) is 27.7. The minimum Gasteiger partial charge on any atom is -0.355 e. The molecule has 0 aliphatic carbocycles. The Balaban J connectivity index is 2.24. The first kappa shape index (κ1) is 13.7. The van der Waals surface area contributed by atoms with Gasteiger partial charge >= 0.3 is 0 Å². The second-order valence-electron chi connectivity index (χ2n) is 3.56. The summed E-state index contributed by atoms with van der Waals surface area (Å²) in [5.74, 6) is -0.603. The lowest BCUT2D eigenvalue weighted by molar-refractivity contribution is 0.0964. The van der Waals surface area contributed by atoms with E-state index in [1.807, 2.05) is 0 Å². The topological polar surface area (TPSA) is 71.1 Å². The zero-order chi connectivity index (χ0) is 13.8. The van der Waals surface area contributed by atoms with Crippen LogP contribution in [0.5, 0.6) is 0 Å². The maximum absolute atomic E-state index is 12.0. The molecule has 5 nitrogen and oxygen atoms in total. The summed E-state index contributed by atoms with van der Waals surface area (Å²) in [6.07, 6.45) is 0. The number of rotatable bonds is 3. The number of nitrogens with zero attached hydrogens (tertiary/aromatic N) is 1. The SMILES string of the molecule is CNC(=O)c1ccccc1NC(=O)c1csc(Br)n1. The van der Waals surface area contributed by atoms with E-state index in [0.29, 0.717) is 20.9 Å². The molecule has 0 aliphatic rings. The molecule has 0 fully saturated rings. The normalized spacial score (nSPS) is 10.0. The van der Waals surface area contributed by atoms with E-state index < -0.39 is 0 Å². The quantitative estimate of drug-likeness (QED) is 0.902. The number of aromatic nitrogens is 1. The first-order valence-corrected chi connectivity index (χ1v) is 7.02. The molecule has 1 heterocycles. The Hall–Kier alpha value is -1.73. The first-order valence-electron chi connectivity index (χ1n) is 5.35. The fraction of sp³-hybridized carbons (Fsp3) is 0.0833. The van der Waals surface area contributed by atoms with Gasteiger partial charge in [0.2, 0.25) is 0 Å². The van der Waals surface area contributed by atoms with Gasteiger partial charge in [0.15, 0.2) is 3.92 Å². The van der Waals surface area contributed by atoms with Crippen molar-refractivity contribution in [3.63, 3.8) is 0 Å². The van der Waals surface area contributed by atoms with Crippen LogP contribution in [-0.4, -0.2) is 23.8 Å². The molecule has 2 aromatic rings. The van der Waals surface area contributed by atoms with E-state index in [9.17, 15) is 9.59 Å². The van der Waals surface area contributed by atoms with Crippen molar-refractivity contribution in [2.75, 3.05) is 12.4 Å². The van der Waals surface area contributed by atoms with Crippen LogP contribution in [0.4, 0.5) is 5.69 Å². The number of anilines is 1. The summed E-state index contributed by atoms with van der Waals surface area (Å²) in [6, 6.07) is 6.80. The van der Waals surface area contributed by atoms with Crippen LogP contribution >= 0.6 is 27.3 Å². The van der Waals surface area contributed by atoms with Crippen molar-refractivity contribution in [3.8, 4) is 0 Å². The van der Waals surface area contributed by atoms with Crippen LogP contribution in [0, 0.1) is 0 Å². The molecular formula is C12H10BrN3O2S. The number of para-hydroxylation sites is 1. The molecule has 7 heteroatoms. The highest BCUT2D eigenvalue weighted by Crippen LogP contribution is 2.19. The van der Waals surface area contributed by atoms with E-state index >= 15 is 0 Å². The summed E-state index contributed by atoms with van der Waals surface area (Å²) in [5, 5.41) is 6.85. The Morgan fingerprint density at radius 3 is 2.63 bits per heavy atom. The number of benzene rings is 1. The van der Waals surface area contributed by atoms with Crippen molar-refractivity contribution in [2.45, 2.75) is 0 Å². The molecule has 2 amide bonds. The average molecular weight is 340 g/mol. The lowest BCUT2D eigenvalue weighted by atomic mass is 10.1. The van der Waals surface area contributed by atoms with Crippen molar-refractivity contribution in [3.05, 3.63) is 44.8 Å². The Morgan fingerprint density at radius 2 is 2.00 bits per heavy atom. The fourth-order valence-corrected chi connectivity index (χ4v) is 2.46. The van der Waals surface area contributed by atoms with Gasteiger partial charge in [0.1, 0.15) is 5.69 Å². The molecule has 2 rings (SSSR count). The van der Waals surface area contributed by atoms with Gasteiger partial charge in [-0.1, -0.05) is 12.1 Å². The van der Waals surface area contributed by atoms with Gasteiger partial charge in [0.25, 0.3) is 11.8 Å². The Morgan fingerprint density at radius 1 is 1.26 bits per heavy atom. The van der Waals surface area contributed by atoms with E-state index in [4.69, 9.17) is 0 Å². The van der Waals surface area contributed by atoms with Crippen molar-refractivity contribution >= 4 is 44.8 Å². The van der Waals surface area contributed by atoms with E-state index in [0.717, 1.165) is 0 Å². The number of carbonyl (C=O) groups is 2. The molecule has 19 heavy (non-hydrogen) atoms. The summed E-state index contributed by atoms with van der Waals surface area (Å²) >= 11 is 4.52. The first-order chi connectivity index (χ1) is 9.11. The van der Waals surface area contributed by atoms with Gasteiger partial charge in [-0.2, -0.15) is 0 Å². The maximum atomic E-state index is 12.0. The van der Waals surface area contributed by atoms with E-state index in [1.54, 1.807) is 36.7 Å². The number of nitrogens with one attached hydrogen (secondary N) is 2. The fourth-order valence-electron chi connectivity index (χ4n) is 1.47. The van der Waals surface area contributed by atoms with E-state index in [1.165, 1.54) is 11.3 Å². The number of hydrogen-bond donors (Lipinski definition) is 2. The average Bonchev–Trinajstić information content (AvgIpc) is 2.85. The summed E-state index contributed by atoms with van der Waals surface area (Å²) in [7, 11) is 1.54. The molecular weight excluding hydrogens is 330 g/mol. The highest BCUT2D eigenvalue weighted by atomic mass is 79.9. The van der Waals surface area contributed by atoms with Gasteiger partial charge in [-0.15, -0.1) is 11.3 Å². The van der Waals surface area contributed by atoms with Crippen LogP contribution in [-0.2, 0) is 0 Å². The predicted octanol–water partition coefficient (Wildman–Crippen LogP) is 2.52. The highest BCUT2D eigenvalue weighted by molar-refractivity contribution is 9.11. The van der Waals surface area contributed by atoms with Crippen LogP contribution in [0.2, 0.25) is 0 Å². The molecule has 0 atom stereocenters. The molecule has 0 saturated heterocycles. The Kier molecular flexibility index (Phi) is 4.28. The van der Waals surface area contributed by atoms with E-state index in [-0.39, 0.29) is 11.8 Å². The summed E-state index contributed by atoms with van der Waals surface area (Å²) in [5.41, 5.74) is 1.17. The molecule has 0 bridgehead atoms. The lowest BCUT2D eigenvalue weighted by Gasteiger charge is -2.08. The van der Waals surface area contributed by atoms with Gasteiger partial charge in [0.05, 0.1) is 11.3 Å². The third-order valence-corrected chi connectivity index (χ3v) is 3.72. The van der Waals surface area contributed by atoms with Crippen LogP contribution in [0.3, 0.4) is 0 Å². The van der Waals surface area contributed by atoms with Crippen LogP contribution in [0.15, 0.2) is 33.6 Å². The number of halogens is 1. The zero-order valence-corrected chi connectivity index (χ0v) is 12.3. The van der Waals surface area contributed by atoms with Gasteiger partial charge in [0, 0.05) is 12.4 Å². The van der Waals surface area contributed by atoms with E-state index in [2.05, 4.69) is 31.5 Å². The molecule has 0 aliphatic heterocycles. The molecule has 98 valence electrons. The van der Waals surface area contributed by atoms with Crippen molar-refractivity contribution in [1.82, 2.24) is 10.3 Å². The second-order valence-corrected chi connectivity index (χ2v) is 5.70. The monoisotopic (exact) mass is 339 g/mol. The minimum atomic E-state index is -0.349. The number of carbonyl (C=O) groups excluding carboxylic acids is 2. The summed E-state index contributed by atoms with van der Waals surface area (Å²) < 4.78 is 0.636. The maximum Gasteiger partial charge on any atom is 0.275 e. The van der Waals surface area contributed by atoms with Gasteiger partial charge in [-0.25, -0.2) is 4.98 Å². The summed E-state index contributed by atoms with van der Waals surface area (Å²) in [6.45, 7) is 0. The standard InChI is InChI=1S/C12H10BrN3O2S/c1-14-10(17)7-4-2-3-5-8(7)15-11(18)9-6-19-12(13)16-9/h2-6H,1H3,(H,14,17)(H,15,18).